The van der Waals surface area contributed by atoms with E-state index in [2.05, 4.69) is 4.99 Å². The fourth-order valence-electron chi connectivity index (χ4n) is 5.06. The second kappa shape index (κ2) is 11.5. The molecule has 0 fully saturated rings. The zero-order valence-corrected chi connectivity index (χ0v) is 25.9. The lowest BCUT2D eigenvalue weighted by atomic mass is 9.96. The molecule has 2 aromatic heterocycles. The summed E-state index contributed by atoms with van der Waals surface area (Å²) in [4.78, 5) is 33.6. The lowest BCUT2D eigenvalue weighted by Crippen LogP contribution is -2.40. The number of thiazole rings is 1. The first-order valence-electron chi connectivity index (χ1n) is 13.0. The molecule has 10 heteroatoms. The highest BCUT2D eigenvalue weighted by Gasteiger charge is 2.33. The summed E-state index contributed by atoms with van der Waals surface area (Å²) in [5.41, 5.74) is 4.77. The van der Waals surface area contributed by atoms with Gasteiger partial charge in [-0.05, 0) is 94.5 Å². The Morgan fingerprint density at radius 1 is 1.15 bits per heavy atom. The lowest BCUT2D eigenvalue weighted by molar-refractivity contribution is -0.143. The molecule has 0 saturated heterocycles. The zero-order chi connectivity index (χ0) is 29.6. The number of carbonyl (C=O) groups excluding carboxylic acids is 1. The van der Waals surface area contributed by atoms with Gasteiger partial charge in [-0.25, -0.2) is 14.2 Å². The molecule has 1 aliphatic heterocycles. The lowest BCUT2D eigenvalue weighted by Gasteiger charge is -2.25. The maximum absolute atomic E-state index is 14.0. The van der Waals surface area contributed by atoms with Gasteiger partial charge in [-0.15, -0.1) is 11.8 Å². The number of hydrogen-bond donors (Lipinski definition) is 0. The monoisotopic (exact) mass is 609 g/mol. The Labute approximate surface area is 250 Å². The molecule has 212 valence electrons. The molecule has 1 aliphatic rings. The fraction of sp³-hybridized carbons (Fsp3) is 0.258. The van der Waals surface area contributed by atoms with E-state index in [1.54, 1.807) is 49.2 Å². The van der Waals surface area contributed by atoms with E-state index in [1.807, 2.05) is 61.1 Å². The Hall–Kier alpha value is -3.40. The number of halogens is 2. The molecule has 0 bridgehead atoms. The van der Waals surface area contributed by atoms with Crippen molar-refractivity contribution in [3.63, 3.8) is 0 Å². The zero-order valence-electron chi connectivity index (χ0n) is 23.5. The van der Waals surface area contributed by atoms with Gasteiger partial charge in [0.05, 0.1) is 33.0 Å². The van der Waals surface area contributed by atoms with Crippen molar-refractivity contribution in [3.05, 3.63) is 113 Å². The number of benzene rings is 2. The number of rotatable bonds is 6. The van der Waals surface area contributed by atoms with Gasteiger partial charge in [0.25, 0.3) is 5.56 Å². The topological polar surface area (TPSA) is 65.6 Å². The van der Waals surface area contributed by atoms with Gasteiger partial charge >= 0.3 is 5.97 Å². The van der Waals surface area contributed by atoms with Crippen LogP contribution in [0.15, 0.2) is 74.5 Å². The summed E-state index contributed by atoms with van der Waals surface area (Å²) in [6.07, 6.45) is 3.51. The summed E-state index contributed by atoms with van der Waals surface area (Å²) in [6.45, 7) is 9.24. The fourth-order valence-corrected chi connectivity index (χ4v) is 6.68. The Kier molecular flexibility index (Phi) is 8.14. The average molecular weight is 610 g/mol. The van der Waals surface area contributed by atoms with E-state index in [0.717, 1.165) is 33.1 Å². The number of esters is 1. The van der Waals surface area contributed by atoms with Crippen LogP contribution >= 0.6 is 34.7 Å². The van der Waals surface area contributed by atoms with Crippen LogP contribution < -0.4 is 14.9 Å². The summed E-state index contributed by atoms with van der Waals surface area (Å²) in [7, 11) is 0. The third-order valence-corrected chi connectivity index (χ3v) is 8.95. The predicted octanol–water partition coefficient (Wildman–Crippen LogP) is 6.11. The molecule has 0 radical (unpaired) electrons. The Bertz CT molecular complexity index is 1880. The predicted molar refractivity (Wildman–Crippen MR) is 163 cm³/mol. The third-order valence-electron chi connectivity index (χ3n) is 6.93. The van der Waals surface area contributed by atoms with E-state index < -0.39 is 17.8 Å². The summed E-state index contributed by atoms with van der Waals surface area (Å²) < 4.78 is 23.4. The van der Waals surface area contributed by atoms with Crippen molar-refractivity contribution < 1.29 is 13.9 Å². The van der Waals surface area contributed by atoms with E-state index in [4.69, 9.17) is 16.3 Å². The van der Waals surface area contributed by atoms with Crippen LogP contribution in [0.25, 0.3) is 11.8 Å². The van der Waals surface area contributed by atoms with Crippen LogP contribution in [-0.2, 0) is 9.53 Å². The van der Waals surface area contributed by atoms with Crippen LogP contribution in [0, 0.1) is 19.7 Å². The highest BCUT2D eigenvalue weighted by Crippen LogP contribution is 2.32. The Balaban J connectivity index is 1.68. The minimum absolute atomic E-state index is 0.0394. The molecule has 4 aromatic rings. The van der Waals surface area contributed by atoms with Crippen LogP contribution in [0.1, 0.15) is 49.3 Å². The SMILES string of the molecule is CSc1ccc([C@H]2C(C(=O)OC(C)C)=C(C)N=c3s/c(=C/c4cc(C)n(-c5ccc(F)c(Cl)c5)c4C)c(=O)n32)cc1. The normalized spacial score (nSPS) is 15.3. The van der Waals surface area contributed by atoms with Crippen LogP contribution in [0.3, 0.4) is 0 Å². The largest absolute Gasteiger partial charge is 0.459 e. The summed E-state index contributed by atoms with van der Waals surface area (Å²) in [6, 6.07) is 13.7. The molecule has 2 aromatic carbocycles. The number of hydrogen-bond acceptors (Lipinski definition) is 6. The van der Waals surface area contributed by atoms with Crippen LogP contribution in [0.5, 0.6) is 0 Å². The standard InChI is InChI=1S/C31H29ClFN3O3S2/c1-16(2)39-30(38)27-18(4)34-31-36(28(27)20-7-10-23(40-6)11-8-20)29(37)26(41-31)14-21-13-17(3)35(19(21)5)22-9-12-25(33)24(32)15-22/h7-16,28H,1-6H3/b26-14+/t28-/m0/s1. The maximum atomic E-state index is 14.0. The molecule has 1 atom stereocenters. The van der Waals surface area contributed by atoms with Crippen molar-refractivity contribution >= 4 is 46.7 Å². The van der Waals surface area contributed by atoms with E-state index in [1.165, 1.54) is 17.4 Å². The second-order valence-corrected chi connectivity index (χ2v) is 12.4. The van der Waals surface area contributed by atoms with E-state index in [-0.39, 0.29) is 16.7 Å². The second-order valence-electron chi connectivity index (χ2n) is 10.1. The number of nitrogens with zero attached hydrogens (tertiary/aromatic N) is 3. The number of fused-ring (bicyclic) bond motifs is 1. The van der Waals surface area contributed by atoms with Gasteiger partial charge in [0.2, 0.25) is 0 Å². The first-order chi connectivity index (χ1) is 19.5. The first kappa shape index (κ1) is 29.1. The molecule has 0 aliphatic carbocycles. The third kappa shape index (κ3) is 5.46. The summed E-state index contributed by atoms with van der Waals surface area (Å²) >= 11 is 8.94. The highest BCUT2D eigenvalue weighted by atomic mass is 35.5. The van der Waals surface area contributed by atoms with Crippen molar-refractivity contribution in [3.8, 4) is 5.69 Å². The number of ether oxygens (including phenoxy) is 1. The molecular weight excluding hydrogens is 581 g/mol. The van der Waals surface area contributed by atoms with E-state index in [9.17, 15) is 14.0 Å². The number of aryl methyl sites for hydroxylation is 1. The van der Waals surface area contributed by atoms with Crippen LogP contribution in [0.2, 0.25) is 5.02 Å². The minimum atomic E-state index is -0.677. The van der Waals surface area contributed by atoms with Crippen LogP contribution in [0.4, 0.5) is 4.39 Å². The molecule has 6 nitrogen and oxygen atoms in total. The summed E-state index contributed by atoms with van der Waals surface area (Å²) in [5, 5.41) is 0.0394. The molecule has 3 heterocycles. The smallest absolute Gasteiger partial charge is 0.338 e. The van der Waals surface area contributed by atoms with Crippen LogP contribution in [-0.4, -0.2) is 27.5 Å². The van der Waals surface area contributed by atoms with Gasteiger partial charge in [0.1, 0.15) is 5.82 Å². The van der Waals surface area contributed by atoms with Gasteiger partial charge in [-0.3, -0.25) is 9.36 Å². The van der Waals surface area contributed by atoms with Gasteiger partial charge in [-0.1, -0.05) is 35.1 Å². The maximum Gasteiger partial charge on any atom is 0.338 e. The number of carbonyl (C=O) groups is 1. The molecular formula is C31H29ClFN3O3S2. The van der Waals surface area contributed by atoms with Crippen molar-refractivity contribution in [2.45, 2.75) is 51.7 Å². The molecule has 0 amide bonds. The van der Waals surface area contributed by atoms with Crippen molar-refractivity contribution in [2.75, 3.05) is 6.26 Å². The van der Waals surface area contributed by atoms with Gasteiger partial charge in [-0.2, -0.15) is 0 Å². The molecule has 0 spiro atoms. The van der Waals surface area contributed by atoms with E-state index >= 15 is 0 Å². The first-order valence-corrected chi connectivity index (χ1v) is 15.4. The molecule has 0 N–H and O–H groups in total. The molecule has 0 saturated carbocycles. The number of allylic oxidation sites excluding steroid dienone is 1. The minimum Gasteiger partial charge on any atom is -0.459 e. The van der Waals surface area contributed by atoms with Crippen molar-refractivity contribution in [2.24, 2.45) is 4.99 Å². The van der Waals surface area contributed by atoms with E-state index in [0.29, 0.717) is 20.6 Å². The van der Waals surface area contributed by atoms with Crippen molar-refractivity contribution in [1.29, 1.82) is 0 Å². The summed E-state index contributed by atoms with van der Waals surface area (Å²) in [5.74, 6) is -0.972. The Morgan fingerprint density at radius 2 is 1.85 bits per heavy atom. The molecule has 41 heavy (non-hydrogen) atoms. The quantitative estimate of drug-likeness (QED) is 0.195. The highest BCUT2D eigenvalue weighted by molar-refractivity contribution is 7.98. The van der Waals surface area contributed by atoms with Crippen molar-refractivity contribution in [1.82, 2.24) is 9.13 Å². The number of aromatic nitrogens is 2. The van der Waals surface area contributed by atoms with Gasteiger partial charge in [0.15, 0.2) is 4.80 Å². The number of thioether (sulfide) groups is 1. The molecule has 5 rings (SSSR count). The Morgan fingerprint density at radius 3 is 2.49 bits per heavy atom. The van der Waals surface area contributed by atoms with Gasteiger partial charge < -0.3 is 9.30 Å². The molecule has 0 unspecified atom stereocenters. The van der Waals surface area contributed by atoms with Gasteiger partial charge in [0, 0.05) is 22.0 Å². The average Bonchev–Trinajstić information content (AvgIpc) is 3.38.